The van der Waals surface area contributed by atoms with Crippen LogP contribution in [0.5, 0.6) is 0 Å². The van der Waals surface area contributed by atoms with E-state index in [4.69, 9.17) is 17.3 Å². The van der Waals surface area contributed by atoms with Crippen LogP contribution in [-0.4, -0.2) is 15.0 Å². The largest absolute Gasteiger partial charge is 0.434 e. The van der Waals surface area contributed by atoms with E-state index in [0.717, 1.165) is 18.0 Å². The third-order valence-corrected chi connectivity index (χ3v) is 3.22. The molecule has 0 fully saturated rings. The molecular formula is C10H6ClF3N4S. The van der Waals surface area contributed by atoms with Crippen LogP contribution < -0.4 is 5.73 Å². The molecule has 4 nitrogen and oxygen atoms in total. The summed E-state index contributed by atoms with van der Waals surface area (Å²) in [6.07, 6.45) is -2.21. The minimum absolute atomic E-state index is 0.0215. The highest BCUT2D eigenvalue weighted by Crippen LogP contribution is 2.37. The molecule has 2 aromatic rings. The Morgan fingerprint density at radius 1 is 1.26 bits per heavy atom. The number of nitrogen functional groups attached to an aromatic ring is 1. The Morgan fingerprint density at radius 2 is 2.00 bits per heavy atom. The smallest absolute Gasteiger partial charge is 0.381 e. The van der Waals surface area contributed by atoms with E-state index in [9.17, 15) is 13.2 Å². The molecule has 0 bridgehead atoms. The first-order chi connectivity index (χ1) is 8.88. The Hall–Kier alpha value is -1.54. The summed E-state index contributed by atoms with van der Waals surface area (Å²) in [5, 5.41) is 0.153. The SMILES string of the molecule is Nc1ncc(Sc2cccnc2C(F)(F)F)nc1Cl. The Balaban J connectivity index is 2.36. The molecule has 0 spiro atoms. The van der Waals surface area contributed by atoms with Crippen LogP contribution in [-0.2, 0) is 6.18 Å². The molecule has 2 heterocycles. The van der Waals surface area contributed by atoms with Gasteiger partial charge in [0.05, 0.1) is 6.20 Å². The molecule has 0 saturated carbocycles. The number of halogens is 4. The van der Waals surface area contributed by atoms with E-state index in [2.05, 4.69) is 15.0 Å². The highest BCUT2D eigenvalue weighted by atomic mass is 35.5. The predicted octanol–water partition coefficient (Wildman–Crippen LogP) is 3.28. The van der Waals surface area contributed by atoms with Crippen molar-refractivity contribution in [1.82, 2.24) is 15.0 Å². The number of nitrogens with two attached hydrogens (primary N) is 1. The van der Waals surface area contributed by atoms with E-state index >= 15 is 0 Å². The summed E-state index contributed by atoms with van der Waals surface area (Å²) in [5.74, 6) is 0.0215. The molecule has 0 aliphatic carbocycles. The molecule has 2 N–H and O–H groups in total. The van der Waals surface area contributed by atoms with Gasteiger partial charge in [-0.1, -0.05) is 23.4 Å². The lowest BCUT2D eigenvalue weighted by molar-refractivity contribution is -0.143. The molecule has 100 valence electrons. The van der Waals surface area contributed by atoms with Gasteiger partial charge in [0, 0.05) is 11.1 Å². The van der Waals surface area contributed by atoms with Crippen molar-refractivity contribution in [1.29, 1.82) is 0 Å². The van der Waals surface area contributed by atoms with Crippen LogP contribution in [0.15, 0.2) is 34.4 Å². The van der Waals surface area contributed by atoms with Gasteiger partial charge < -0.3 is 5.73 Å². The first-order valence-corrected chi connectivity index (χ1v) is 6.05. The summed E-state index contributed by atoms with van der Waals surface area (Å²) >= 11 is 6.43. The second-order valence-electron chi connectivity index (χ2n) is 3.33. The van der Waals surface area contributed by atoms with Gasteiger partial charge in [-0.3, -0.25) is 4.98 Å². The van der Waals surface area contributed by atoms with Crippen LogP contribution in [0.4, 0.5) is 19.0 Å². The van der Waals surface area contributed by atoms with E-state index in [1.807, 2.05) is 0 Å². The zero-order valence-electron chi connectivity index (χ0n) is 9.15. The quantitative estimate of drug-likeness (QED) is 0.922. The van der Waals surface area contributed by atoms with Crippen LogP contribution >= 0.6 is 23.4 Å². The standard InChI is InChI=1S/C10H6ClF3N4S/c11-8-9(15)17-4-6(18-8)19-5-2-1-3-16-7(5)10(12,13)14/h1-4H,(H2,15,17). The summed E-state index contributed by atoms with van der Waals surface area (Å²) in [4.78, 5) is 10.8. The lowest BCUT2D eigenvalue weighted by atomic mass is 10.3. The summed E-state index contributed by atoms with van der Waals surface area (Å²) in [5.41, 5.74) is 4.40. The zero-order valence-corrected chi connectivity index (χ0v) is 10.7. The second-order valence-corrected chi connectivity index (χ2v) is 4.75. The van der Waals surface area contributed by atoms with Gasteiger partial charge in [0.2, 0.25) is 0 Å². The molecule has 0 aromatic carbocycles. The maximum absolute atomic E-state index is 12.7. The van der Waals surface area contributed by atoms with E-state index in [0.29, 0.717) is 0 Å². The molecule has 0 amide bonds. The molecule has 19 heavy (non-hydrogen) atoms. The number of anilines is 1. The van der Waals surface area contributed by atoms with Gasteiger partial charge in [0.15, 0.2) is 16.7 Å². The fourth-order valence-corrected chi connectivity index (χ4v) is 2.28. The molecule has 0 unspecified atom stereocenters. The first kappa shape index (κ1) is 13.9. The van der Waals surface area contributed by atoms with Crippen LogP contribution in [0.25, 0.3) is 0 Å². The van der Waals surface area contributed by atoms with Crippen molar-refractivity contribution in [3.05, 3.63) is 35.4 Å². The fraction of sp³-hybridized carbons (Fsp3) is 0.100. The first-order valence-electron chi connectivity index (χ1n) is 4.86. The zero-order chi connectivity index (χ0) is 14.0. The number of nitrogens with zero attached hydrogens (tertiary/aromatic N) is 3. The molecule has 2 aromatic heterocycles. The van der Waals surface area contributed by atoms with E-state index in [1.54, 1.807) is 0 Å². The van der Waals surface area contributed by atoms with E-state index in [-0.39, 0.29) is 20.9 Å². The minimum atomic E-state index is -4.53. The third-order valence-electron chi connectivity index (χ3n) is 1.99. The molecule has 2 rings (SSSR count). The summed E-state index contributed by atoms with van der Waals surface area (Å²) in [6, 6.07) is 2.70. The van der Waals surface area contributed by atoms with E-state index < -0.39 is 11.9 Å². The van der Waals surface area contributed by atoms with Gasteiger partial charge in [-0.15, -0.1) is 0 Å². The van der Waals surface area contributed by atoms with Gasteiger partial charge in [-0.05, 0) is 12.1 Å². The second kappa shape index (κ2) is 5.22. The topological polar surface area (TPSA) is 64.7 Å². The number of pyridine rings is 1. The lowest BCUT2D eigenvalue weighted by Crippen LogP contribution is -2.09. The van der Waals surface area contributed by atoms with E-state index in [1.165, 1.54) is 18.3 Å². The predicted molar refractivity (Wildman–Crippen MR) is 64.8 cm³/mol. The van der Waals surface area contributed by atoms with Gasteiger partial charge in [-0.2, -0.15) is 13.2 Å². The highest BCUT2D eigenvalue weighted by Gasteiger charge is 2.35. The highest BCUT2D eigenvalue weighted by molar-refractivity contribution is 7.99. The number of rotatable bonds is 2. The van der Waals surface area contributed by atoms with Crippen molar-refractivity contribution in [2.75, 3.05) is 5.73 Å². The van der Waals surface area contributed by atoms with Crippen LogP contribution in [0.2, 0.25) is 5.15 Å². The van der Waals surface area contributed by atoms with Gasteiger partial charge in [0.25, 0.3) is 0 Å². The number of hydrogen-bond acceptors (Lipinski definition) is 5. The Morgan fingerprint density at radius 3 is 2.63 bits per heavy atom. The maximum atomic E-state index is 12.7. The Bertz CT molecular complexity index is 606. The fourth-order valence-electron chi connectivity index (χ4n) is 1.21. The Kier molecular flexibility index (Phi) is 3.81. The lowest BCUT2D eigenvalue weighted by Gasteiger charge is -2.10. The van der Waals surface area contributed by atoms with Gasteiger partial charge in [-0.25, -0.2) is 9.97 Å². The minimum Gasteiger partial charge on any atom is -0.381 e. The van der Waals surface area contributed by atoms with Crippen molar-refractivity contribution in [2.45, 2.75) is 16.1 Å². The molecule has 0 aliphatic rings. The maximum Gasteiger partial charge on any atom is 0.434 e. The number of alkyl halides is 3. The summed E-state index contributed by atoms with van der Waals surface area (Å²) < 4.78 is 38.2. The van der Waals surface area contributed by atoms with Crippen molar-refractivity contribution in [2.24, 2.45) is 0 Å². The van der Waals surface area contributed by atoms with Crippen LogP contribution in [0.3, 0.4) is 0 Å². The van der Waals surface area contributed by atoms with Gasteiger partial charge >= 0.3 is 6.18 Å². The van der Waals surface area contributed by atoms with Crippen molar-refractivity contribution >= 4 is 29.2 Å². The molecule has 9 heteroatoms. The molecular weight excluding hydrogens is 301 g/mol. The van der Waals surface area contributed by atoms with Crippen LogP contribution in [0, 0.1) is 0 Å². The third kappa shape index (κ3) is 3.27. The molecule has 0 aliphatic heterocycles. The Labute approximate surface area is 115 Å². The molecule has 0 radical (unpaired) electrons. The molecule has 0 saturated heterocycles. The monoisotopic (exact) mass is 306 g/mol. The summed E-state index contributed by atoms with van der Waals surface area (Å²) in [6.45, 7) is 0. The number of aromatic nitrogens is 3. The summed E-state index contributed by atoms with van der Waals surface area (Å²) in [7, 11) is 0. The van der Waals surface area contributed by atoms with Crippen LogP contribution in [0.1, 0.15) is 5.69 Å². The van der Waals surface area contributed by atoms with Crippen molar-refractivity contribution in [3.63, 3.8) is 0 Å². The van der Waals surface area contributed by atoms with Crippen molar-refractivity contribution in [3.8, 4) is 0 Å². The number of hydrogen-bond donors (Lipinski definition) is 1. The normalized spacial score (nSPS) is 11.6. The van der Waals surface area contributed by atoms with Gasteiger partial charge in [0.1, 0.15) is 5.03 Å². The average molecular weight is 307 g/mol. The average Bonchev–Trinajstić information content (AvgIpc) is 2.33. The molecule has 0 atom stereocenters. The van der Waals surface area contributed by atoms with Crippen molar-refractivity contribution < 1.29 is 13.2 Å².